The Morgan fingerprint density at radius 1 is 0.288 bits per heavy atom. The minimum absolute atomic E-state index is 1.16. The van der Waals surface area contributed by atoms with Gasteiger partial charge in [-0.1, -0.05) is 103 Å². The molecule has 52 heavy (non-hydrogen) atoms. The normalized spacial score (nSPS) is 12.2. The van der Waals surface area contributed by atoms with Crippen LogP contribution in [-0.2, 0) is 0 Å². The third kappa shape index (κ3) is 3.74. The molecule has 3 nitrogen and oxygen atoms in total. The van der Waals surface area contributed by atoms with Gasteiger partial charge in [0.05, 0.1) is 38.8 Å². The predicted octanol–water partition coefficient (Wildman–Crippen LogP) is 13.3. The van der Waals surface area contributed by atoms with Gasteiger partial charge in [-0.2, -0.15) is 0 Å². The van der Waals surface area contributed by atoms with E-state index in [4.69, 9.17) is 0 Å². The highest BCUT2D eigenvalue weighted by Gasteiger charge is 2.20. The lowest BCUT2D eigenvalue weighted by Crippen LogP contribution is -2.00. The molecule has 0 atom stereocenters. The summed E-state index contributed by atoms with van der Waals surface area (Å²) in [5, 5.41) is 10.2. The number of hydrogen-bond acceptors (Lipinski definition) is 1. The topological polar surface area (TPSA) is 14.8 Å². The van der Waals surface area contributed by atoms with Crippen molar-refractivity contribution in [3.05, 3.63) is 176 Å². The molecule has 4 heterocycles. The maximum absolute atomic E-state index is 2.49. The summed E-state index contributed by atoms with van der Waals surface area (Å²) in [6, 6.07) is 64.7. The molecule has 0 fully saturated rings. The predicted molar refractivity (Wildman–Crippen MR) is 222 cm³/mol. The van der Waals surface area contributed by atoms with E-state index in [0.29, 0.717) is 0 Å². The van der Waals surface area contributed by atoms with Gasteiger partial charge >= 0.3 is 0 Å². The van der Waals surface area contributed by atoms with Gasteiger partial charge < -0.3 is 13.7 Å². The number of nitrogens with zero attached hydrogens (tertiary/aromatic N) is 3. The standard InChI is InChI=1S/C48H29N3S/c1-6-18-40-32(12-1)33-13-2-7-19-41(33)49(40)30-24-26-46-38(28-30)39-29-31(25-27-47(39)52-46)50-42-20-8-5-16-36(42)37-17-11-23-45(48(37)50)51-43-21-9-3-14-34(43)35-15-4-10-22-44(35)51/h1-29H. The van der Waals surface area contributed by atoms with Crippen LogP contribution < -0.4 is 0 Å². The van der Waals surface area contributed by atoms with Crippen molar-refractivity contribution < 1.29 is 0 Å². The molecule has 12 aromatic rings. The van der Waals surface area contributed by atoms with Crippen LogP contribution in [0.15, 0.2) is 176 Å². The first-order valence-corrected chi connectivity index (χ1v) is 18.6. The third-order valence-electron chi connectivity index (χ3n) is 11.0. The fraction of sp³-hybridized carbons (Fsp3) is 0. The van der Waals surface area contributed by atoms with Crippen molar-refractivity contribution in [2.24, 2.45) is 0 Å². The zero-order valence-electron chi connectivity index (χ0n) is 28.0. The minimum atomic E-state index is 1.16. The van der Waals surface area contributed by atoms with Gasteiger partial charge in [0.1, 0.15) is 0 Å². The van der Waals surface area contributed by atoms with Gasteiger partial charge in [-0.15, -0.1) is 11.3 Å². The average Bonchev–Trinajstić information content (AvgIpc) is 3.94. The highest BCUT2D eigenvalue weighted by Crippen LogP contribution is 2.42. The van der Waals surface area contributed by atoms with Gasteiger partial charge in [0.15, 0.2) is 0 Å². The lowest BCUT2D eigenvalue weighted by atomic mass is 10.1. The van der Waals surface area contributed by atoms with Gasteiger partial charge in [0, 0.05) is 63.9 Å². The molecule has 0 saturated heterocycles. The van der Waals surface area contributed by atoms with Crippen LogP contribution in [0.4, 0.5) is 0 Å². The van der Waals surface area contributed by atoms with Crippen molar-refractivity contribution in [3.8, 4) is 17.1 Å². The molecule has 0 aliphatic heterocycles. The smallest absolute Gasteiger partial charge is 0.0782 e. The Morgan fingerprint density at radius 3 is 1.17 bits per heavy atom. The lowest BCUT2D eigenvalue weighted by Gasteiger charge is -2.14. The molecule has 0 unspecified atom stereocenters. The van der Waals surface area contributed by atoms with Gasteiger partial charge in [-0.3, -0.25) is 0 Å². The maximum Gasteiger partial charge on any atom is 0.0782 e. The zero-order chi connectivity index (χ0) is 33.9. The van der Waals surface area contributed by atoms with Gasteiger partial charge in [-0.25, -0.2) is 0 Å². The first-order valence-electron chi connectivity index (χ1n) is 17.8. The van der Waals surface area contributed by atoms with Crippen LogP contribution in [0, 0.1) is 0 Å². The number of benzene rings is 8. The van der Waals surface area contributed by atoms with Crippen LogP contribution in [-0.4, -0.2) is 13.7 Å². The molecule has 12 rings (SSSR count). The number of aromatic nitrogens is 3. The molecule has 0 bridgehead atoms. The number of para-hydroxylation sites is 6. The second-order valence-electron chi connectivity index (χ2n) is 13.7. The molecule has 0 amide bonds. The first kappa shape index (κ1) is 28.1. The van der Waals surface area contributed by atoms with E-state index >= 15 is 0 Å². The summed E-state index contributed by atoms with van der Waals surface area (Å²) in [7, 11) is 0. The van der Waals surface area contributed by atoms with Crippen LogP contribution in [0.5, 0.6) is 0 Å². The van der Waals surface area contributed by atoms with Gasteiger partial charge in [0.2, 0.25) is 0 Å². The van der Waals surface area contributed by atoms with Crippen molar-refractivity contribution in [1.29, 1.82) is 0 Å². The fourth-order valence-electron chi connectivity index (χ4n) is 8.86. The fourth-order valence-corrected chi connectivity index (χ4v) is 9.93. The SMILES string of the molecule is c1ccc2c(c1)c1ccccc1n2-c1ccc2sc3ccc(-n4c5ccccc5c5cccc(-n6c7ccccc7c7ccccc76)c54)cc3c2c1. The van der Waals surface area contributed by atoms with Gasteiger partial charge in [0.25, 0.3) is 0 Å². The van der Waals surface area contributed by atoms with E-state index in [1.807, 2.05) is 11.3 Å². The van der Waals surface area contributed by atoms with E-state index < -0.39 is 0 Å². The van der Waals surface area contributed by atoms with Gasteiger partial charge in [-0.05, 0) is 72.8 Å². The van der Waals surface area contributed by atoms with Crippen molar-refractivity contribution in [1.82, 2.24) is 13.7 Å². The third-order valence-corrected chi connectivity index (χ3v) is 12.2. The summed E-state index contributed by atoms with van der Waals surface area (Å²) < 4.78 is 9.95. The minimum Gasteiger partial charge on any atom is -0.309 e. The zero-order valence-corrected chi connectivity index (χ0v) is 28.8. The maximum atomic E-state index is 2.49. The molecule has 0 radical (unpaired) electrons. The molecule has 4 heteroatoms. The molecule has 0 spiro atoms. The van der Waals surface area contributed by atoms with E-state index in [1.165, 1.54) is 97.0 Å². The summed E-state index contributed by atoms with van der Waals surface area (Å²) in [5.41, 5.74) is 10.8. The number of rotatable bonds is 3. The van der Waals surface area contributed by atoms with Crippen LogP contribution in [0.3, 0.4) is 0 Å². The molecule has 4 aromatic heterocycles. The first-order chi connectivity index (χ1) is 25.8. The number of thiophene rings is 1. The van der Waals surface area contributed by atoms with Crippen LogP contribution in [0.1, 0.15) is 0 Å². The van der Waals surface area contributed by atoms with Crippen molar-refractivity contribution >= 4 is 96.9 Å². The summed E-state index contributed by atoms with van der Waals surface area (Å²) in [5.74, 6) is 0. The Balaban J connectivity index is 1.15. The van der Waals surface area contributed by atoms with E-state index in [1.54, 1.807) is 0 Å². The van der Waals surface area contributed by atoms with Crippen molar-refractivity contribution in [2.45, 2.75) is 0 Å². The molecule has 8 aromatic carbocycles. The summed E-state index contributed by atoms with van der Waals surface area (Å²) >= 11 is 1.87. The Kier molecular flexibility index (Phi) is 5.65. The monoisotopic (exact) mass is 679 g/mol. The second-order valence-corrected chi connectivity index (χ2v) is 14.8. The summed E-state index contributed by atoms with van der Waals surface area (Å²) in [6.07, 6.45) is 0. The summed E-state index contributed by atoms with van der Waals surface area (Å²) in [4.78, 5) is 0. The highest BCUT2D eigenvalue weighted by atomic mass is 32.1. The average molecular weight is 680 g/mol. The van der Waals surface area contributed by atoms with E-state index in [9.17, 15) is 0 Å². The molecular formula is C48H29N3S. The van der Waals surface area contributed by atoms with Crippen LogP contribution >= 0.6 is 11.3 Å². The Hall–Kier alpha value is -6.62. The Labute approximate surface area is 302 Å². The number of fused-ring (bicyclic) bond motifs is 12. The summed E-state index contributed by atoms with van der Waals surface area (Å²) in [6.45, 7) is 0. The molecule has 242 valence electrons. The molecule has 0 aliphatic rings. The molecule has 0 N–H and O–H groups in total. The highest BCUT2D eigenvalue weighted by molar-refractivity contribution is 7.25. The van der Waals surface area contributed by atoms with Crippen LogP contribution in [0.2, 0.25) is 0 Å². The molecule has 0 saturated carbocycles. The van der Waals surface area contributed by atoms with E-state index in [-0.39, 0.29) is 0 Å². The molecule has 0 aliphatic carbocycles. The van der Waals surface area contributed by atoms with E-state index in [0.717, 1.165) is 5.69 Å². The van der Waals surface area contributed by atoms with Crippen molar-refractivity contribution in [3.63, 3.8) is 0 Å². The van der Waals surface area contributed by atoms with Crippen LogP contribution in [0.25, 0.3) is 103 Å². The Morgan fingerprint density at radius 2 is 0.673 bits per heavy atom. The number of hydrogen-bond donors (Lipinski definition) is 0. The Bertz CT molecular complexity index is 3320. The lowest BCUT2D eigenvalue weighted by molar-refractivity contribution is 1.13. The van der Waals surface area contributed by atoms with E-state index in [2.05, 4.69) is 190 Å². The van der Waals surface area contributed by atoms with Crippen molar-refractivity contribution in [2.75, 3.05) is 0 Å². The largest absolute Gasteiger partial charge is 0.309 e. The second kappa shape index (κ2) is 10.5. The molecular weight excluding hydrogens is 651 g/mol. The quantitative estimate of drug-likeness (QED) is 0.177.